The SMILES string of the molecule is [O-][Cl+3]([O-])([O-])OCC(O)CCl. The third-order valence-electron chi connectivity index (χ3n) is 0.567. The van der Waals surface area contributed by atoms with Crippen LogP contribution in [-0.2, 0) is 4.29 Å². The van der Waals surface area contributed by atoms with E-state index in [0.717, 1.165) is 0 Å². The van der Waals surface area contributed by atoms with Crippen LogP contribution in [0, 0.1) is 10.2 Å². The van der Waals surface area contributed by atoms with Crippen LogP contribution in [0.4, 0.5) is 0 Å². The van der Waals surface area contributed by atoms with Gasteiger partial charge in [-0.15, -0.1) is 11.6 Å². The molecule has 0 aromatic rings. The van der Waals surface area contributed by atoms with Gasteiger partial charge in [-0.05, 0) is 0 Å². The lowest BCUT2D eigenvalue weighted by atomic mass is 10.4. The van der Waals surface area contributed by atoms with Gasteiger partial charge in [-0.1, -0.05) is 0 Å². The molecule has 0 aliphatic heterocycles. The molecule has 0 bridgehead atoms. The molecule has 5 nitrogen and oxygen atoms in total. The maximum absolute atomic E-state index is 9.69. The van der Waals surface area contributed by atoms with Crippen LogP contribution < -0.4 is 14.0 Å². The van der Waals surface area contributed by atoms with E-state index < -0.39 is 23.0 Å². The van der Waals surface area contributed by atoms with E-state index in [9.17, 15) is 14.0 Å². The second-order valence-electron chi connectivity index (χ2n) is 1.46. The quantitative estimate of drug-likeness (QED) is 0.467. The van der Waals surface area contributed by atoms with Crippen LogP contribution in [0.25, 0.3) is 0 Å². The molecule has 1 atom stereocenters. The van der Waals surface area contributed by atoms with Crippen LogP contribution in [0.3, 0.4) is 0 Å². The first-order valence-electron chi connectivity index (χ1n) is 2.25. The molecule has 0 fully saturated rings. The van der Waals surface area contributed by atoms with Crippen molar-refractivity contribution in [3.8, 4) is 0 Å². The molecule has 0 rings (SSSR count). The van der Waals surface area contributed by atoms with Gasteiger partial charge < -0.3 is 5.11 Å². The number of aliphatic hydroxyl groups is 1. The topological polar surface area (TPSA) is 98.6 Å². The lowest BCUT2D eigenvalue weighted by Gasteiger charge is -2.13. The van der Waals surface area contributed by atoms with Gasteiger partial charge in [-0.3, -0.25) is 0 Å². The van der Waals surface area contributed by atoms with E-state index in [1.165, 1.54) is 0 Å². The molecule has 0 saturated heterocycles. The Morgan fingerprint density at radius 2 is 2.00 bits per heavy atom. The number of hydrogen-bond donors (Lipinski definition) is 1. The van der Waals surface area contributed by atoms with Gasteiger partial charge in [0.1, 0.15) is 6.10 Å². The summed E-state index contributed by atoms with van der Waals surface area (Å²) in [6, 6.07) is 0. The predicted octanol–water partition coefficient (Wildman–Crippen LogP) is -3.50. The summed E-state index contributed by atoms with van der Waals surface area (Å²) in [4.78, 5) is 0. The molecule has 0 spiro atoms. The van der Waals surface area contributed by atoms with E-state index in [4.69, 9.17) is 16.7 Å². The molecule has 0 radical (unpaired) electrons. The highest BCUT2D eigenvalue weighted by Gasteiger charge is 2.20. The third kappa shape index (κ3) is 6.50. The molecule has 1 N–H and O–H groups in total. The summed E-state index contributed by atoms with van der Waals surface area (Å²) in [5.41, 5.74) is 0. The fourth-order valence-corrected chi connectivity index (χ4v) is 0.583. The fraction of sp³-hybridized carbons (Fsp3) is 1.00. The maximum Gasteiger partial charge on any atom is 0.230 e. The predicted molar refractivity (Wildman–Crippen MR) is 22.7 cm³/mol. The Balaban J connectivity index is 3.36. The highest BCUT2D eigenvalue weighted by Crippen LogP contribution is 1.93. The van der Waals surface area contributed by atoms with Crippen molar-refractivity contribution >= 4 is 11.6 Å². The second-order valence-corrected chi connectivity index (χ2v) is 2.74. The summed E-state index contributed by atoms with van der Waals surface area (Å²) in [5, 5.41) is 8.56. The van der Waals surface area contributed by atoms with Gasteiger partial charge in [0.05, 0.1) is 20.4 Å². The van der Waals surface area contributed by atoms with Crippen molar-refractivity contribution in [2.45, 2.75) is 6.10 Å². The van der Waals surface area contributed by atoms with Gasteiger partial charge in [0, 0.05) is 0 Å². The molecule has 0 aliphatic rings. The molecule has 0 heterocycles. The Morgan fingerprint density at radius 1 is 1.50 bits per heavy atom. The average Bonchev–Trinajstić information content (AvgIpc) is 1.81. The Labute approximate surface area is 64.5 Å². The number of halogens is 2. The molecule has 0 saturated carbocycles. The Hall–Kier alpha value is 0.380. The number of hydrogen-bond acceptors (Lipinski definition) is 5. The van der Waals surface area contributed by atoms with E-state index in [-0.39, 0.29) is 5.88 Å². The van der Waals surface area contributed by atoms with Crippen LogP contribution >= 0.6 is 11.6 Å². The Bertz CT molecular complexity index is 91.4. The molecular weight excluding hydrogens is 187 g/mol. The van der Waals surface area contributed by atoms with Crippen molar-refractivity contribution in [2.24, 2.45) is 0 Å². The van der Waals surface area contributed by atoms with Crippen molar-refractivity contribution in [3.05, 3.63) is 0 Å². The van der Waals surface area contributed by atoms with Crippen molar-refractivity contribution in [1.82, 2.24) is 0 Å². The summed E-state index contributed by atoms with van der Waals surface area (Å²) < 4.78 is 32.7. The van der Waals surface area contributed by atoms with Gasteiger partial charge in [0.15, 0.2) is 0 Å². The molecule has 62 valence electrons. The summed E-state index contributed by atoms with van der Waals surface area (Å²) in [6.07, 6.45) is -1.13. The van der Waals surface area contributed by atoms with Gasteiger partial charge in [0.25, 0.3) is 0 Å². The smallest absolute Gasteiger partial charge is 0.230 e. The zero-order valence-corrected chi connectivity index (χ0v) is 6.34. The molecular formula is C3H6Cl2O5. The zero-order chi connectivity index (χ0) is 8.20. The first kappa shape index (κ1) is 10.4. The van der Waals surface area contributed by atoms with E-state index in [1.807, 2.05) is 0 Å². The minimum atomic E-state index is -4.44. The van der Waals surface area contributed by atoms with Crippen molar-refractivity contribution in [1.29, 1.82) is 0 Å². The lowest BCUT2D eigenvalue weighted by molar-refractivity contribution is -1.92. The summed E-state index contributed by atoms with van der Waals surface area (Å²) in [7, 11) is -4.44. The zero-order valence-electron chi connectivity index (χ0n) is 4.83. The van der Waals surface area contributed by atoms with Crippen LogP contribution in [0.1, 0.15) is 0 Å². The first-order chi connectivity index (χ1) is 4.45. The largest absolute Gasteiger partial charge is 0.389 e. The molecule has 0 aromatic carbocycles. The maximum atomic E-state index is 9.69. The first-order valence-corrected chi connectivity index (χ1v) is 4.02. The normalized spacial score (nSPS) is 15.3. The van der Waals surface area contributed by atoms with Crippen molar-refractivity contribution < 1.29 is 33.6 Å². The summed E-state index contributed by atoms with van der Waals surface area (Å²) in [5.74, 6) is -0.176. The van der Waals surface area contributed by atoms with Crippen LogP contribution in [0.15, 0.2) is 0 Å². The van der Waals surface area contributed by atoms with Gasteiger partial charge in [0.2, 0.25) is 6.61 Å². The highest BCUT2D eigenvalue weighted by atomic mass is 35.7. The van der Waals surface area contributed by atoms with E-state index in [2.05, 4.69) is 4.29 Å². The van der Waals surface area contributed by atoms with Crippen molar-refractivity contribution in [3.63, 3.8) is 0 Å². The average molecular weight is 193 g/mol. The molecule has 7 heteroatoms. The van der Waals surface area contributed by atoms with Crippen LogP contribution in [-0.4, -0.2) is 23.7 Å². The van der Waals surface area contributed by atoms with Gasteiger partial charge in [-0.25, -0.2) is 0 Å². The summed E-state index contributed by atoms with van der Waals surface area (Å²) >= 11 is 5.05. The number of aliphatic hydroxyl groups excluding tert-OH is 1. The van der Waals surface area contributed by atoms with Gasteiger partial charge in [-0.2, -0.15) is 14.0 Å². The standard InChI is InChI=1S/C3H6Cl2O5/c4-1-3(6)2-10-5(7,8)9/h3,6H,1-2H2. The molecule has 0 aromatic heterocycles. The minimum Gasteiger partial charge on any atom is -0.389 e. The summed E-state index contributed by atoms with van der Waals surface area (Å²) in [6.45, 7) is -0.600. The molecule has 10 heavy (non-hydrogen) atoms. The van der Waals surface area contributed by atoms with Crippen LogP contribution in [0.5, 0.6) is 0 Å². The van der Waals surface area contributed by atoms with Crippen molar-refractivity contribution in [2.75, 3.05) is 12.5 Å². The Morgan fingerprint density at radius 3 is 2.30 bits per heavy atom. The minimum absolute atomic E-state index is 0.176. The monoisotopic (exact) mass is 192 g/mol. The molecule has 1 unspecified atom stereocenters. The molecule has 0 aliphatic carbocycles. The third-order valence-corrected chi connectivity index (χ3v) is 1.32. The van der Waals surface area contributed by atoms with Gasteiger partial charge >= 0.3 is 0 Å². The number of alkyl halides is 1. The number of rotatable bonds is 4. The second kappa shape index (κ2) is 4.30. The Kier molecular flexibility index (Phi) is 4.46. The highest BCUT2D eigenvalue weighted by molar-refractivity contribution is 6.18. The van der Waals surface area contributed by atoms with E-state index in [1.54, 1.807) is 0 Å². The molecule has 0 amide bonds. The van der Waals surface area contributed by atoms with E-state index in [0.29, 0.717) is 0 Å². The lowest BCUT2D eigenvalue weighted by Crippen LogP contribution is -2.61. The fourth-order valence-electron chi connectivity index (χ4n) is 0.194. The van der Waals surface area contributed by atoms with E-state index >= 15 is 0 Å². The van der Waals surface area contributed by atoms with Crippen LogP contribution in [0.2, 0.25) is 0 Å².